The zero-order valence-electron chi connectivity index (χ0n) is 13.4. The van der Waals surface area contributed by atoms with Crippen LogP contribution in [0.5, 0.6) is 0 Å². The van der Waals surface area contributed by atoms with Gasteiger partial charge in [-0.1, -0.05) is 12.1 Å². The summed E-state index contributed by atoms with van der Waals surface area (Å²) in [6.07, 6.45) is -0.201. The number of nitrogens with one attached hydrogen (secondary N) is 2. The van der Waals surface area contributed by atoms with Crippen LogP contribution < -0.4 is 10.6 Å². The highest BCUT2D eigenvalue weighted by Gasteiger charge is 2.29. The molecule has 3 atom stereocenters. The Labute approximate surface area is 141 Å². The van der Waals surface area contributed by atoms with Crippen LogP contribution in [0.2, 0.25) is 0 Å². The van der Waals surface area contributed by atoms with Gasteiger partial charge in [-0.05, 0) is 26.3 Å². The molecule has 1 fully saturated rings. The van der Waals surface area contributed by atoms with E-state index in [0.29, 0.717) is 24.3 Å². The molecular formula is C15H22ClN3O4. The van der Waals surface area contributed by atoms with Crippen LogP contribution in [0.3, 0.4) is 0 Å². The zero-order chi connectivity index (χ0) is 16.3. The van der Waals surface area contributed by atoms with Crippen LogP contribution in [0.4, 0.5) is 5.69 Å². The Hall–Kier alpha value is -1.70. The van der Waals surface area contributed by atoms with Gasteiger partial charge in [-0.3, -0.25) is 14.9 Å². The van der Waals surface area contributed by atoms with Crippen molar-refractivity contribution < 1.29 is 14.5 Å². The molecule has 0 aliphatic carbocycles. The second kappa shape index (κ2) is 8.24. The average Bonchev–Trinajstić information content (AvgIpc) is 2.47. The number of nitrogens with zero attached hydrogens (tertiary/aromatic N) is 1. The minimum Gasteiger partial charge on any atom is -0.375 e. The first kappa shape index (κ1) is 19.3. The van der Waals surface area contributed by atoms with Crippen molar-refractivity contribution in [3.05, 3.63) is 39.4 Å². The highest BCUT2D eigenvalue weighted by atomic mass is 35.5. The molecule has 0 radical (unpaired) electrons. The highest BCUT2D eigenvalue weighted by Crippen LogP contribution is 2.23. The maximum atomic E-state index is 12.3. The quantitative estimate of drug-likeness (QED) is 0.643. The summed E-state index contributed by atoms with van der Waals surface area (Å²) in [6, 6.07) is 4.27. The first-order chi connectivity index (χ1) is 10.4. The first-order valence-corrected chi connectivity index (χ1v) is 7.30. The number of carbonyl (C=O) groups is 1. The standard InChI is InChI=1S/C15H21N3O4.ClH/c1-9-4-5-12(8-13(9)18(20)21)10(2)17-15(19)14-11(3)22-7-6-16-14;/h4-5,8,10-11,14,16H,6-7H2,1-3H3,(H,17,19);1H/t10?,11-,14+;/m1./s1. The summed E-state index contributed by atoms with van der Waals surface area (Å²) in [5, 5.41) is 17.0. The molecule has 1 unspecified atom stereocenters. The van der Waals surface area contributed by atoms with E-state index in [2.05, 4.69) is 10.6 Å². The molecule has 1 aromatic carbocycles. The number of carbonyl (C=O) groups excluding carboxylic acids is 1. The summed E-state index contributed by atoms with van der Waals surface area (Å²) in [5.41, 5.74) is 1.37. The zero-order valence-corrected chi connectivity index (χ0v) is 14.2. The molecule has 128 valence electrons. The number of nitro benzene ring substituents is 1. The van der Waals surface area contributed by atoms with E-state index < -0.39 is 11.0 Å². The predicted molar refractivity (Wildman–Crippen MR) is 88.8 cm³/mol. The van der Waals surface area contributed by atoms with Crippen molar-refractivity contribution in [3.63, 3.8) is 0 Å². The van der Waals surface area contributed by atoms with E-state index >= 15 is 0 Å². The predicted octanol–water partition coefficient (Wildman–Crippen LogP) is 1.88. The molecule has 0 spiro atoms. The van der Waals surface area contributed by atoms with E-state index in [4.69, 9.17) is 4.74 Å². The molecular weight excluding hydrogens is 322 g/mol. The maximum Gasteiger partial charge on any atom is 0.272 e. The molecule has 2 N–H and O–H groups in total. The molecule has 1 amide bonds. The number of nitro groups is 1. The molecule has 2 rings (SSSR count). The second-order valence-corrected chi connectivity index (χ2v) is 5.54. The number of rotatable bonds is 4. The monoisotopic (exact) mass is 343 g/mol. The van der Waals surface area contributed by atoms with Crippen LogP contribution in [0.25, 0.3) is 0 Å². The van der Waals surface area contributed by atoms with Gasteiger partial charge in [0.05, 0.1) is 23.7 Å². The smallest absolute Gasteiger partial charge is 0.272 e. The average molecular weight is 344 g/mol. The first-order valence-electron chi connectivity index (χ1n) is 7.30. The van der Waals surface area contributed by atoms with Crippen molar-refractivity contribution in [1.29, 1.82) is 0 Å². The Morgan fingerprint density at radius 1 is 1.52 bits per heavy atom. The number of ether oxygens (including phenoxy) is 1. The SMILES string of the molecule is Cc1ccc(C(C)NC(=O)[C@H]2NCCO[C@@H]2C)cc1[N+](=O)[O-].Cl. The summed E-state index contributed by atoms with van der Waals surface area (Å²) in [7, 11) is 0. The molecule has 7 nitrogen and oxygen atoms in total. The molecule has 1 aliphatic rings. The molecule has 1 aromatic rings. The van der Waals surface area contributed by atoms with Gasteiger partial charge >= 0.3 is 0 Å². The van der Waals surface area contributed by atoms with Gasteiger partial charge in [-0.15, -0.1) is 12.4 Å². The molecule has 23 heavy (non-hydrogen) atoms. The normalized spacial score (nSPS) is 21.9. The third-order valence-corrected chi connectivity index (χ3v) is 3.89. The lowest BCUT2D eigenvalue weighted by atomic mass is 10.0. The van der Waals surface area contributed by atoms with Gasteiger partial charge < -0.3 is 15.4 Å². The summed E-state index contributed by atoms with van der Waals surface area (Å²) < 4.78 is 5.45. The van der Waals surface area contributed by atoms with Crippen molar-refractivity contribution in [3.8, 4) is 0 Å². The molecule has 8 heteroatoms. The number of morpholine rings is 1. The molecule has 1 saturated heterocycles. The second-order valence-electron chi connectivity index (χ2n) is 5.54. The number of hydrogen-bond donors (Lipinski definition) is 2. The molecule has 0 aromatic heterocycles. The molecule has 0 bridgehead atoms. The lowest BCUT2D eigenvalue weighted by Crippen LogP contribution is -2.55. The fraction of sp³-hybridized carbons (Fsp3) is 0.533. The van der Waals surface area contributed by atoms with E-state index in [0.717, 1.165) is 0 Å². The minimum atomic E-state index is -0.411. The number of benzene rings is 1. The van der Waals surface area contributed by atoms with Crippen LogP contribution in [0.15, 0.2) is 18.2 Å². The number of amides is 1. The Morgan fingerprint density at radius 3 is 2.83 bits per heavy atom. The third-order valence-electron chi connectivity index (χ3n) is 3.89. The van der Waals surface area contributed by atoms with E-state index in [1.54, 1.807) is 26.0 Å². The third kappa shape index (κ3) is 4.63. The van der Waals surface area contributed by atoms with Crippen molar-refractivity contribution >= 4 is 24.0 Å². The van der Waals surface area contributed by atoms with E-state index in [1.165, 1.54) is 6.07 Å². The van der Waals surface area contributed by atoms with Gasteiger partial charge in [0, 0.05) is 18.2 Å². The van der Waals surface area contributed by atoms with Crippen molar-refractivity contribution in [2.45, 2.75) is 39.0 Å². The highest BCUT2D eigenvalue weighted by molar-refractivity contribution is 5.85. The molecule has 0 saturated carbocycles. The Kier molecular flexibility index (Phi) is 6.93. The van der Waals surface area contributed by atoms with E-state index in [1.807, 2.05) is 6.92 Å². The number of aryl methyl sites for hydroxylation is 1. The van der Waals surface area contributed by atoms with Gasteiger partial charge in [0.1, 0.15) is 6.04 Å². The summed E-state index contributed by atoms with van der Waals surface area (Å²) in [5.74, 6) is -0.164. The van der Waals surface area contributed by atoms with Crippen LogP contribution in [-0.4, -0.2) is 36.1 Å². The summed E-state index contributed by atoms with van der Waals surface area (Å²) in [4.78, 5) is 22.9. The topological polar surface area (TPSA) is 93.5 Å². The lowest BCUT2D eigenvalue weighted by Gasteiger charge is -2.30. The van der Waals surface area contributed by atoms with E-state index in [9.17, 15) is 14.9 Å². The Bertz CT molecular complexity index is 582. The maximum absolute atomic E-state index is 12.3. The van der Waals surface area contributed by atoms with Gasteiger partial charge in [0.2, 0.25) is 5.91 Å². The van der Waals surface area contributed by atoms with Crippen LogP contribution in [0, 0.1) is 17.0 Å². The fourth-order valence-electron chi connectivity index (χ4n) is 2.51. The van der Waals surface area contributed by atoms with Crippen LogP contribution in [0.1, 0.15) is 31.0 Å². The number of halogens is 1. The van der Waals surface area contributed by atoms with E-state index in [-0.39, 0.29) is 36.1 Å². The lowest BCUT2D eigenvalue weighted by molar-refractivity contribution is -0.385. The molecule has 1 aliphatic heterocycles. The van der Waals surface area contributed by atoms with Crippen LogP contribution in [-0.2, 0) is 9.53 Å². The summed E-state index contributed by atoms with van der Waals surface area (Å²) in [6.45, 7) is 6.56. The van der Waals surface area contributed by atoms with Gasteiger partial charge in [-0.2, -0.15) is 0 Å². The Morgan fingerprint density at radius 2 is 2.22 bits per heavy atom. The molecule has 1 heterocycles. The largest absolute Gasteiger partial charge is 0.375 e. The Balaban J connectivity index is 0.00000264. The van der Waals surface area contributed by atoms with Gasteiger partial charge in [-0.25, -0.2) is 0 Å². The van der Waals surface area contributed by atoms with Gasteiger partial charge in [0.15, 0.2) is 0 Å². The van der Waals surface area contributed by atoms with Crippen molar-refractivity contribution in [2.75, 3.05) is 13.2 Å². The summed E-state index contributed by atoms with van der Waals surface area (Å²) >= 11 is 0. The van der Waals surface area contributed by atoms with Crippen molar-refractivity contribution in [2.24, 2.45) is 0 Å². The fourth-order valence-corrected chi connectivity index (χ4v) is 2.51. The van der Waals surface area contributed by atoms with Crippen LogP contribution >= 0.6 is 12.4 Å². The van der Waals surface area contributed by atoms with Gasteiger partial charge in [0.25, 0.3) is 5.69 Å². The minimum absolute atomic E-state index is 0. The number of hydrogen-bond acceptors (Lipinski definition) is 5. The van der Waals surface area contributed by atoms with Crippen molar-refractivity contribution in [1.82, 2.24) is 10.6 Å².